The molecule has 3 unspecified atom stereocenters. The van der Waals surface area contributed by atoms with E-state index in [0.29, 0.717) is 43.1 Å². The van der Waals surface area contributed by atoms with Crippen molar-refractivity contribution in [2.24, 2.45) is 40.4 Å². The molecule has 0 bridgehead atoms. The van der Waals surface area contributed by atoms with Gasteiger partial charge in [-0.15, -0.1) is 0 Å². The first-order valence-corrected chi connectivity index (χ1v) is 16.4. The molecule has 1 aliphatic heterocycles. The minimum atomic E-state index is -0.610. The molecule has 4 saturated carbocycles. The van der Waals surface area contributed by atoms with Crippen LogP contribution in [0.15, 0.2) is 60.7 Å². The summed E-state index contributed by atoms with van der Waals surface area (Å²) in [5, 5.41) is 11.7. The van der Waals surface area contributed by atoms with E-state index in [4.69, 9.17) is 4.74 Å². The molecule has 1 heterocycles. The molecule has 7 rings (SSSR count). The van der Waals surface area contributed by atoms with Crippen LogP contribution in [0.3, 0.4) is 0 Å². The Balaban J connectivity index is 1.20. The number of hydrogen-bond donors (Lipinski definition) is 1. The molecule has 1 N–H and O–H groups in total. The Morgan fingerprint density at radius 3 is 2.24 bits per heavy atom. The van der Waals surface area contributed by atoms with Crippen LogP contribution in [-0.4, -0.2) is 53.4 Å². The fourth-order valence-electron chi connectivity index (χ4n) is 11.1. The van der Waals surface area contributed by atoms with E-state index in [-0.39, 0.29) is 34.5 Å². The van der Waals surface area contributed by atoms with E-state index < -0.39 is 11.7 Å². The van der Waals surface area contributed by atoms with Crippen LogP contribution in [0.25, 0.3) is 0 Å². The van der Waals surface area contributed by atoms with Gasteiger partial charge in [-0.25, -0.2) is 0 Å². The van der Waals surface area contributed by atoms with Crippen molar-refractivity contribution in [3.05, 3.63) is 71.8 Å². The fourth-order valence-corrected chi connectivity index (χ4v) is 11.1. The Morgan fingerprint density at radius 2 is 1.60 bits per heavy atom. The first-order valence-electron chi connectivity index (χ1n) is 16.4. The predicted octanol–water partition coefficient (Wildman–Crippen LogP) is 6.03. The minimum absolute atomic E-state index is 0.0182. The van der Waals surface area contributed by atoms with Crippen LogP contribution < -0.4 is 0 Å². The zero-order valence-electron chi connectivity index (χ0n) is 25.5. The topological polar surface area (TPSA) is 66.8 Å². The highest BCUT2D eigenvalue weighted by Gasteiger charge is 2.65. The molecule has 0 spiro atoms. The average molecular weight is 570 g/mol. The highest BCUT2D eigenvalue weighted by Crippen LogP contribution is 2.66. The summed E-state index contributed by atoms with van der Waals surface area (Å²) >= 11 is 0. The van der Waals surface area contributed by atoms with E-state index in [9.17, 15) is 14.7 Å². The maximum atomic E-state index is 14.2. The Hall–Kier alpha value is -2.34. The first-order chi connectivity index (χ1) is 20.2. The van der Waals surface area contributed by atoms with Crippen LogP contribution in [0.4, 0.5) is 0 Å². The van der Waals surface area contributed by atoms with Crippen molar-refractivity contribution in [3.63, 3.8) is 0 Å². The monoisotopic (exact) mass is 569 g/mol. The van der Waals surface area contributed by atoms with Gasteiger partial charge in [-0.3, -0.25) is 14.5 Å². The number of nitrogens with zero attached hydrogens (tertiary/aromatic N) is 1. The number of aliphatic hydroxyl groups is 1. The van der Waals surface area contributed by atoms with E-state index >= 15 is 0 Å². The SMILES string of the molecule is CC(=O)[C@H]1CC[C@H]2[C@@H]3CCC4CC(O)C(N5CCOC(c6ccccc6)(c6ccccc6)C5)C[C@]4(C)[C@H]3C(=O)C[C@]12C. The Morgan fingerprint density at radius 1 is 0.929 bits per heavy atom. The summed E-state index contributed by atoms with van der Waals surface area (Å²) in [6.45, 7) is 8.39. The van der Waals surface area contributed by atoms with E-state index in [1.807, 2.05) is 12.1 Å². The minimum Gasteiger partial charge on any atom is -0.391 e. The second kappa shape index (κ2) is 10.4. The molecule has 224 valence electrons. The molecule has 0 radical (unpaired) electrons. The summed E-state index contributed by atoms with van der Waals surface area (Å²) in [6.07, 6.45) is 5.86. The van der Waals surface area contributed by atoms with Gasteiger partial charge in [0.15, 0.2) is 0 Å². The maximum Gasteiger partial charge on any atom is 0.137 e. The van der Waals surface area contributed by atoms with Crippen molar-refractivity contribution in [1.82, 2.24) is 4.90 Å². The first kappa shape index (κ1) is 28.4. The normalized spacial score (nSPS) is 41.4. The van der Waals surface area contributed by atoms with Crippen LogP contribution in [0, 0.1) is 40.4 Å². The number of ether oxygens (including phenoxy) is 1. The third kappa shape index (κ3) is 4.21. The quantitative estimate of drug-likeness (QED) is 0.487. The number of benzene rings is 2. The zero-order chi connectivity index (χ0) is 29.3. The molecule has 42 heavy (non-hydrogen) atoms. The van der Waals surface area contributed by atoms with Gasteiger partial charge in [-0.2, -0.15) is 0 Å². The van der Waals surface area contributed by atoms with Crippen LogP contribution in [0.2, 0.25) is 0 Å². The lowest BCUT2D eigenvalue weighted by Crippen LogP contribution is -2.64. The molecule has 1 saturated heterocycles. The van der Waals surface area contributed by atoms with E-state index in [0.717, 1.165) is 56.2 Å². The molecule has 9 atom stereocenters. The van der Waals surface area contributed by atoms with Crippen molar-refractivity contribution < 1.29 is 19.4 Å². The Labute approximate surface area is 251 Å². The Bertz CT molecular complexity index is 1290. The van der Waals surface area contributed by atoms with Crippen molar-refractivity contribution in [1.29, 1.82) is 0 Å². The lowest BCUT2D eigenvalue weighted by molar-refractivity contribution is -0.177. The predicted molar refractivity (Wildman–Crippen MR) is 163 cm³/mol. The van der Waals surface area contributed by atoms with Gasteiger partial charge in [0.1, 0.15) is 17.2 Å². The van der Waals surface area contributed by atoms with E-state index in [2.05, 4.69) is 67.3 Å². The smallest absolute Gasteiger partial charge is 0.137 e. The maximum absolute atomic E-state index is 14.2. The number of hydrogen-bond acceptors (Lipinski definition) is 5. The van der Waals surface area contributed by atoms with Gasteiger partial charge in [0.2, 0.25) is 0 Å². The zero-order valence-corrected chi connectivity index (χ0v) is 25.5. The summed E-state index contributed by atoms with van der Waals surface area (Å²) in [4.78, 5) is 29.3. The molecule has 5 heteroatoms. The highest BCUT2D eigenvalue weighted by molar-refractivity contribution is 5.87. The number of ketones is 2. The van der Waals surface area contributed by atoms with E-state index in [1.165, 1.54) is 0 Å². The molecule has 4 aliphatic carbocycles. The van der Waals surface area contributed by atoms with E-state index in [1.54, 1.807) is 6.92 Å². The lowest BCUT2D eigenvalue weighted by Gasteiger charge is -2.62. The summed E-state index contributed by atoms with van der Waals surface area (Å²) in [5.41, 5.74) is 1.34. The third-order valence-corrected chi connectivity index (χ3v) is 13.0. The molecule has 0 amide bonds. The van der Waals surface area contributed by atoms with Gasteiger partial charge in [0.25, 0.3) is 0 Å². The number of carbonyl (C=O) groups excluding carboxylic acids is 2. The fraction of sp³-hybridized carbons (Fsp3) is 0.622. The number of aliphatic hydroxyl groups excluding tert-OH is 1. The number of rotatable bonds is 4. The second-order valence-electron chi connectivity index (χ2n) is 14.9. The van der Waals surface area contributed by atoms with Crippen LogP contribution in [0.1, 0.15) is 76.8 Å². The van der Waals surface area contributed by atoms with Crippen LogP contribution in [-0.2, 0) is 19.9 Å². The molecule has 5 nitrogen and oxygen atoms in total. The van der Waals surface area contributed by atoms with Gasteiger partial charge in [0.05, 0.1) is 12.7 Å². The molecular weight excluding hydrogens is 522 g/mol. The lowest BCUT2D eigenvalue weighted by atomic mass is 9.43. The van der Waals surface area contributed by atoms with Crippen molar-refractivity contribution in [2.75, 3.05) is 19.7 Å². The van der Waals surface area contributed by atoms with Crippen LogP contribution in [0.5, 0.6) is 0 Å². The summed E-state index contributed by atoms with van der Waals surface area (Å²) in [6, 6.07) is 21.0. The molecule has 0 aromatic heterocycles. The van der Waals surface area contributed by atoms with Crippen LogP contribution >= 0.6 is 0 Å². The standard InChI is InChI=1S/C37H47NO4/c1-24(39)29-16-17-30-28-15-14-27-20-32(40)31(21-35(27,2)34(28)33(41)22-36(29,30)3)38-18-19-42-37(23-38,25-10-6-4-7-11-25)26-12-8-5-9-13-26/h4-13,27-32,34,40H,14-23H2,1-3H3/t27?,28-,29+,30-,31?,32?,34+,35-,36+/m0/s1. The number of Topliss-reactive ketones (excluding diaryl/α,β-unsaturated/α-hetero) is 2. The molecule has 5 fully saturated rings. The average Bonchev–Trinajstić information content (AvgIpc) is 3.34. The van der Waals surface area contributed by atoms with Gasteiger partial charge in [-0.1, -0.05) is 74.5 Å². The largest absolute Gasteiger partial charge is 0.391 e. The summed E-state index contributed by atoms with van der Waals surface area (Å²) in [5.74, 6) is 1.87. The molecule has 2 aromatic rings. The number of carbonyl (C=O) groups is 2. The van der Waals surface area contributed by atoms with Gasteiger partial charge in [0, 0.05) is 37.4 Å². The number of morpholine rings is 1. The molecular formula is C37H47NO4. The Kier molecular flexibility index (Phi) is 7.03. The van der Waals surface area contributed by atoms with Gasteiger partial charge < -0.3 is 9.84 Å². The summed E-state index contributed by atoms with van der Waals surface area (Å²) < 4.78 is 6.71. The number of fused-ring (bicyclic) bond motifs is 5. The van der Waals surface area contributed by atoms with Gasteiger partial charge in [-0.05, 0) is 85.2 Å². The second-order valence-corrected chi connectivity index (χ2v) is 14.9. The van der Waals surface area contributed by atoms with Crippen molar-refractivity contribution >= 4 is 11.6 Å². The van der Waals surface area contributed by atoms with Crippen molar-refractivity contribution in [3.8, 4) is 0 Å². The third-order valence-electron chi connectivity index (χ3n) is 13.0. The van der Waals surface area contributed by atoms with Gasteiger partial charge >= 0.3 is 0 Å². The summed E-state index contributed by atoms with van der Waals surface area (Å²) in [7, 11) is 0. The highest BCUT2D eigenvalue weighted by atomic mass is 16.5. The van der Waals surface area contributed by atoms with Crippen molar-refractivity contribution in [2.45, 2.75) is 83.5 Å². The molecule has 5 aliphatic rings. The molecule has 2 aromatic carbocycles.